The first-order valence-electron chi connectivity index (χ1n) is 10.7. The number of hydrogen-bond acceptors (Lipinski definition) is 5. The lowest BCUT2D eigenvalue weighted by Gasteiger charge is -2.27. The topological polar surface area (TPSA) is 72.8 Å². The van der Waals surface area contributed by atoms with Gasteiger partial charge in [-0.15, -0.1) is 11.6 Å². The van der Waals surface area contributed by atoms with Crippen molar-refractivity contribution in [2.45, 2.75) is 39.2 Å². The van der Waals surface area contributed by atoms with Crippen molar-refractivity contribution < 1.29 is 23.0 Å². The second kappa shape index (κ2) is 12.0. The minimum Gasteiger partial charge on any atom is -0.492 e. The van der Waals surface area contributed by atoms with Crippen LogP contribution >= 0.6 is 34.8 Å². The average Bonchev–Trinajstić information content (AvgIpc) is 2.76. The maximum atomic E-state index is 11.6. The molecule has 2 aromatic carbocycles. The predicted octanol–water partition coefficient (Wildman–Crippen LogP) is 5.75. The smallest absolute Gasteiger partial charge is 0.152 e. The third-order valence-electron chi connectivity index (χ3n) is 5.41. The molecule has 0 spiro atoms. The summed E-state index contributed by atoms with van der Waals surface area (Å²) < 4.78 is 34.6. The summed E-state index contributed by atoms with van der Waals surface area (Å²) in [5.41, 5.74) is 1.51. The zero-order valence-electron chi connectivity index (χ0n) is 19.3. The number of benzene rings is 2. The van der Waals surface area contributed by atoms with Gasteiger partial charge in [0.05, 0.1) is 22.4 Å². The van der Waals surface area contributed by atoms with Crippen LogP contribution in [-0.4, -0.2) is 50.2 Å². The Kier molecular flexibility index (Phi) is 10.2. The molecule has 0 radical (unpaired) electrons. The molecule has 184 valence electrons. The van der Waals surface area contributed by atoms with Gasteiger partial charge in [0.25, 0.3) is 0 Å². The number of aliphatic hydroxyl groups is 1. The van der Waals surface area contributed by atoms with Crippen LogP contribution in [0.15, 0.2) is 36.4 Å². The molecule has 0 heterocycles. The first-order chi connectivity index (χ1) is 15.4. The molecule has 0 aliphatic heterocycles. The summed E-state index contributed by atoms with van der Waals surface area (Å²) in [6.07, 6.45) is -1.13. The zero-order chi connectivity index (χ0) is 24.8. The summed E-state index contributed by atoms with van der Waals surface area (Å²) in [6, 6.07) is 11.1. The Morgan fingerprint density at radius 3 is 1.88 bits per heavy atom. The SMILES string of the molecule is CCS(=O)(=O)C[C@H](O)COc1ccc(C(C)(C)c2ccc(OC[C@H](C)CCl)c(Cl)c2)cc1Cl. The van der Waals surface area contributed by atoms with E-state index in [0.29, 0.717) is 34.0 Å². The molecule has 2 atom stereocenters. The van der Waals surface area contributed by atoms with E-state index in [0.717, 1.165) is 11.1 Å². The molecule has 0 amide bonds. The van der Waals surface area contributed by atoms with Gasteiger partial charge in [0.1, 0.15) is 24.2 Å². The van der Waals surface area contributed by atoms with E-state index < -0.39 is 21.4 Å². The van der Waals surface area contributed by atoms with Crippen molar-refractivity contribution in [2.75, 3.05) is 30.6 Å². The Balaban J connectivity index is 2.13. The highest BCUT2D eigenvalue weighted by molar-refractivity contribution is 7.91. The molecule has 0 aliphatic rings. The van der Waals surface area contributed by atoms with Gasteiger partial charge in [-0.1, -0.05) is 63.0 Å². The van der Waals surface area contributed by atoms with Crippen LogP contribution in [0.2, 0.25) is 10.0 Å². The Labute approximate surface area is 211 Å². The van der Waals surface area contributed by atoms with E-state index >= 15 is 0 Å². The van der Waals surface area contributed by atoms with E-state index in [2.05, 4.69) is 13.8 Å². The minimum atomic E-state index is -3.29. The number of ether oxygens (including phenoxy) is 2. The Bertz CT molecular complexity index is 1040. The first kappa shape index (κ1) is 28.1. The van der Waals surface area contributed by atoms with E-state index in [9.17, 15) is 13.5 Å². The Hall–Kier alpha value is -1.18. The average molecular weight is 538 g/mol. The molecular weight excluding hydrogens is 507 g/mol. The number of hydrogen-bond donors (Lipinski definition) is 1. The fraction of sp³-hybridized carbons (Fsp3) is 0.500. The monoisotopic (exact) mass is 536 g/mol. The van der Waals surface area contributed by atoms with Crippen LogP contribution in [0, 0.1) is 5.92 Å². The van der Waals surface area contributed by atoms with Gasteiger partial charge >= 0.3 is 0 Å². The van der Waals surface area contributed by atoms with Crippen molar-refractivity contribution in [3.05, 3.63) is 57.6 Å². The molecule has 33 heavy (non-hydrogen) atoms. The van der Waals surface area contributed by atoms with E-state index in [1.165, 1.54) is 6.92 Å². The standard InChI is InChI=1S/C24H31Cl3O5S/c1-5-33(29,30)15-19(28)14-32-23-9-7-18(11-21(23)27)24(3,4)17-6-8-22(20(26)10-17)31-13-16(2)12-25/h6-11,16,19,28H,5,12-15H2,1-4H3/t16-,19-/m1/s1. The van der Waals surface area contributed by atoms with Crippen molar-refractivity contribution in [1.29, 1.82) is 0 Å². The molecule has 0 unspecified atom stereocenters. The van der Waals surface area contributed by atoms with Gasteiger partial charge in [-0.3, -0.25) is 0 Å². The molecule has 0 saturated carbocycles. The third-order valence-corrected chi connectivity index (χ3v) is 8.30. The molecule has 2 aromatic rings. The summed E-state index contributed by atoms with van der Waals surface area (Å²) in [7, 11) is -3.29. The molecule has 0 aromatic heterocycles. The van der Waals surface area contributed by atoms with Gasteiger partial charge in [0.2, 0.25) is 0 Å². The van der Waals surface area contributed by atoms with E-state index in [1.807, 2.05) is 31.2 Å². The van der Waals surface area contributed by atoms with E-state index in [1.54, 1.807) is 12.1 Å². The molecule has 2 rings (SSSR count). The van der Waals surface area contributed by atoms with Gasteiger partial charge in [-0.25, -0.2) is 8.42 Å². The lowest BCUT2D eigenvalue weighted by Crippen LogP contribution is -2.28. The minimum absolute atomic E-state index is 0.0295. The van der Waals surface area contributed by atoms with Crippen molar-refractivity contribution >= 4 is 44.6 Å². The normalized spacial score (nSPS) is 14.1. The van der Waals surface area contributed by atoms with E-state index in [-0.39, 0.29) is 24.0 Å². The highest BCUT2D eigenvalue weighted by Crippen LogP contribution is 2.38. The van der Waals surface area contributed by atoms with Gasteiger partial charge < -0.3 is 14.6 Å². The summed E-state index contributed by atoms with van der Waals surface area (Å²) >= 11 is 18.7. The number of alkyl halides is 1. The highest BCUT2D eigenvalue weighted by atomic mass is 35.5. The Morgan fingerprint density at radius 1 is 0.970 bits per heavy atom. The number of rotatable bonds is 12. The van der Waals surface area contributed by atoms with Gasteiger partial charge in [0.15, 0.2) is 9.84 Å². The second-order valence-corrected chi connectivity index (χ2v) is 12.2. The van der Waals surface area contributed by atoms with Crippen LogP contribution in [0.3, 0.4) is 0 Å². The van der Waals surface area contributed by atoms with Crippen molar-refractivity contribution in [3.63, 3.8) is 0 Å². The quantitative estimate of drug-likeness (QED) is 0.349. The third kappa shape index (κ3) is 7.93. The van der Waals surface area contributed by atoms with Crippen molar-refractivity contribution in [2.24, 2.45) is 5.92 Å². The van der Waals surface area contributed by atoms with Crippen LogP contribution in [0.5, 0.6) is 11.5 Å². The fourth-order valence-electron chi connectivity index (χ4n) is 3.10. The molecule has 5 nitrogen and oxygen atoms in total. The number of halogens is 3. The number of sulfone groups is 1. The lowest BCUT2D eigenvalue weighted by molar-refractivity contribution is 0.125. The molecular formula is C24H31Cl3O5S. The Morgan fingerprint density at radius 2 is 1.45 bits per heavy atom. The van der Waals surface area contributed by atoms with Gasteiger partial charge in [0, 0.05) is 23.0 Å². The van der Waals surface area contributed by atoms with Crippen LogP contribution in [0.4, 0.5) is 0 Å². The van der Waals surface area contributed by atoms with Crippen LogP contribution < -0.4 is 9.47 Å². The molecule has 0 aliphatic carbocycles. The van der Waals surface area contributed by atoms with Crippen LogP contribution in [0.1, 0.15) is 38.8 Å². The summed E-state index contributed by atoms with van der Waals surface area (Å²) in [5, 5.41) is 10.8. The van der Waals surface area contributed by atoms with E-state index in [4.69, 9.17) is 44.3 Å². The molecule has 0 saturated heterocycles. The van der Waals surface area contributed by atoms with Crippen molar-refractivity contribution in [3.8, 4) is 11.5 Å². The van der Waals surface area contributed by atoms with Crippen LogP contribution in [0.25, 0.3) is 0 Å². The zero-order valence-corrected chi connectivity index (χ0v) is 22.4. The maximum absolute atomic E-state index is 11.6. The summed E-state index contributed by atoms with van der Waals surface area (Å²) in [4.78, 5) is 0. The number of aliphatic hydroxyl groups excluding tert-OH is 1. The van der Waals surface area contributed by atoms with Crippen molar-refractivity contribution in [1.82, 2.24) is 0 Å². The molecule has 9 heteroatoms. The largest absolute Gasteiger partial charge is 0.492 e. The highest BCUT2D eigenvalue weighted by Gasteiger charge is 2.25. The second-order valence-electron chi connectivity index (χ2n) is 8.65. The molecule has 1 N–H and O–H groups in total. The van der Waals surface area contributed by atoms with Gasteiger partial charge in [-0.2, -0.15) is 0 Å². The summed E-state index contributed by atoms with van der Waals surface area (Å²) in [5.74, 6) is 1.34. The maximum Gasteiger partial charge on any atom is 0.152 e. The molecule has 0 bridgehead atoms. The first-order valence-corrected chi connectivity index (χ1v) is 13.8. The van der Waals surface area contributed by atoms with Gasteiger partial charge in [-0.05, 0) is 35.4 Å². The molecule has 0 fully saturated rings. The lowest BCUT2D eigenvalue weighted by atomic mass is 9.78. The van der Waals surface area contributed by atoms with Crippen LogP contribution in [-0.2, 0) is 15.3 Å². The fourth-order valence-corrected chi connectivity index (χ4v) is 4.58. The predicted molar refractivity (Wildman–Crippen MR) is 136 cm³/mol. The summed E-state index contributed by atoms with van der Waals surface area (Å²) in [6.45, 7) is 7.98.